The van der Waals surface area contributed by atoms with E-state index in [2.05, 4.69) is 308 Å². The predicted molar refractivity (Wildman–Crippen MR) is 321 cm³/mol. The number of hydrogen-bond donors (Lipinski definition) is 0. The van der Waals surface area contributed by atoms with E-state index < -0.39 is 0 Å². The number of anilines is 3. The second-order valence-electron chi connectivity index (χ2n) is 22.7. The average molecular weight is 966 g/mol. The molecule has 12 rings (SSSR count). The summed E-state index contributed by atoms with van der Waals surface area (Å²) in [6, 6.07) is 94.8. The maximum atomic E-state index is 2.46. The quantitative estimate of drug-likeness (QED) is 0.139. The van der Waals surface area contributed by atoms with Crippen LogP contribution in [-0.2, 0) is 16.2 Å². The molecule has 364 valence electrons. The van der Waals surface area contributed by atoms with Crippen molar-refractivity contribution >= 4 is 27.8 Å². The van der Waals surface area contributed by atoms with Gasteiger partial charge in [0.05, 0.1) is 5.69 Å². The van der Waals surface area contributed by atoms with Gasteiger partial charge in [-0.15, -0.1) is 0 Å². The van der Waals surface area contributed by atoms with Crippen molar-refractivity contribution in [2.75, 3.05) is 4.90 Å². The zero-order valence-corrected chi connectivity index (χ0v) is 44.2. The van der Waals surface area contributed by atoms with Crippen molar-refractivity contribution in [3.63, 3.8) is 0 Å². The van der Waals surface area contributed by atoms with E-state index in [9.17, 15) is 0 Å². The van der Waals surface area contributed by atoms with Crippen molar-refractivity contribution < 1.29 is 0 Å². The van der Waals surface area contributed by atoms with E-state index in [0.29, 0.717) is 0 Å². The van der Waals surface area contributed by atoms with E-state index in [0.717, 1.165) is 17.1 Å². The highest BCUT2D eigenvalue weighted by molar-refractivity contribution is 6.09. The number of benzene rings is 11. The summed E-state index contributed by atoms with van der Waals surface area (Å²) in [5.74, 6) is 0. The Kier molecular flexibility index (Phi) is 11.9. The summed E-state index contributed by atoms with van der Waals surface area (Å²) in [7, 11) is 0. The van der Waals surface area contributed by atoms with Gasteiger partial charge >= 0.3 is 0 Å². The lowest BCUT2D eigenvalue weighted by Crippen LogP contribution is -2.22. The number of fused-ring (bicyclic) bond motifs is 4. The fraction of sp³-hybridized carbons (Fsp3) is 0.135. The molecular formula is C74H63N. The van der Waals surface area contributed by atoms with Gasteiger partial charge in [-0.25, -0.2) is 0 Å². The zero-order chi connectivity index (χ0) is 51.5. The molecule has 0 radical (unpaired) electrons. The molecule has 0 saturated carbocycles. The molecule has 0 bridgehead atoms. The summed E-state index contributed by atoms with van der Waals surface area (Å²) in [4.78, 5) is 2.46. The molecule has 11 aromatic rings. The zero-order valence-electron chi connectivity index (χ0n) is 44.2. The molecule has 0 aromatic heterocycles. The van der Waals surface area contributed by atoms with Crippen LogP contribution < -0.4 is 4.90 Å². The predicted octanol–water partition coefficient (Wildman–Crippen LogP) is 20.6. The van der Waals surface area contributed by atoms with Crippen LogP contribution in [0.2, 0.25) is 0 Å². The first-order chi connectivity index (χ1) is 36.3. The third kappa shape index (κ3) is 8.57. The third-order valence-corrected chi connectivity index (χ3v) is 15.9. The topological polar surface area (TPSA) is 3.24 Å². The first-order valence-electron chi connectivity index (χ1n) is 26.6. The average Bonchev–Trinajstić information content (AvgIpc) is 3.74. The molecule has 1 aliphatic carbocycles. The van der Waals surface area contributed by atoms with Gasteiger partial charge in [0.2, 0.25) is 0 Å². The van der Waals surface area contributed by atoms with Crippen LogP contribution in [0.15, 0.2) is 255 Å². The Morgan fingerprint density at radius 2 is 0.760 bits per heavy atom. The van der Waals surface area contributed by atoms with Gasteiger partial charge in [0.1, 0.15) is 0 Å². The Bertz CT molecular complexity index is 3830. The van der Waals surface area contributed by atoms with Crippen molar-refractivity contribution in [1.29, 1.82) is 0 Å². The fourth-order valence-electron chi connectivity index (χ4n) is 11.7. The van der Waals surface area contributed by atoms with Gasteiger partial charge in [-0.1, -0.05) is 266 Å². The van der Waals surface area contributed by atoms with Gasteiger partial charge in [0.15, 0.2) is 0 Å². The molecule has 1 atom stereocenters. The minimum Gasteiger partial charge on any atom is -0.310 e. The van der Waals surface area contributed by atoms with E-state index in [-0.39, 0.29) is 16.2 Å². The number of para-hydroxylation sites is 1. The lowest BCUT2D eigenvalue weighted by atomic mass is 9.74. The summed E-state index contributed by atoms with van der Waals surface area (Å²) < 4.78 is 0. The molecular weight excluding hydrogens is 903 g/mol. The van der Waals surface area contributed by atoms with Crippen LogP contribution in [0.5, 0.6) is 0 Å². The molecule has 0 amide bonds. The van der Waals surface area contributed by atoms with Gasteiger partial charge in [-0.3, -0.25) is 0 Å². The van der Waals surface area contributed by atoms with Crippen LogP contribution >= 0.6 is 0 Å². The SMILES string of the molecule is CC(C)(C)c1cc(-c2cccc3cccc(-c4ccccc4N(c4ccc(-c5ccc(-c6ccccc6)cc5)cc4)c4ccc(-c5cccc6c5-c5ccccc5C6(C)c5ccccc5)cc4)c23)cc(C(C)(C)C)c1. The largest absolute Gasteiger partial charge is 0.310 e. The number of nitrogens with zero attached hydrogens (tertiary/aromatic N) is 1. The Labute approximate surface area is 444 Å². The van der Waals surface area contributed by atoms with E-state index in [1.165, 1.54) is 105 Å². The molecule has 11 aromatic carbocycles. The Morgan fingerprint density at radius 3 is 1.36 bits per heavy atom. The van der Waals surface area contributed by atoms with Crippen LogP contribution in [0.1, 0.15) is 76.3 Å². The van der Waals surface area contributed by atoms with E-state index in [1.54, 1.807) is 0 Å². The van der Waals surface area contributed by atoms with Gasteiger partial charge < -0.3 is 4.90 Å². The Hall–Kier alpha value is -8.52. The Morgan fingerprint density at radius 1 is 0.320 bits per heavy atom. The normalized spacial score (nSPS) is 14.1. The maximum absolute atomic E-state index is 2.46. The van der Waals surface area contributed by atoms with E-state index in [1.807, 2.05) is 0 Å². The highest BCUT2D eigenvalue weighted by Crippen LogP contribution is 2.55. The minimum atomic E-state index is -0.272. The molecule has 0 heterocycles. The van der Waals surface area contributed by atoms with Crippen LogP contribution in [0.25, 0.3) is 77.5 Å². The molecule has 1 nitrogen and oxygen atoms in total. The van der Waals surface area contributed by atoms with Crippen molar-refractivity contribution in [3.8, 4) is 66.8 Å². The third-order valence-electron chi connectivity index (χ3n) is 15.9. The highest BCUT2D eigenvalue weighted by atomic mass is 15.1. The van der Waals surface area contributed by atoms with Gasteiger partial charge in [0, 0.05) is 22.4 Å². The molecule has 1 heteroatoms. The van der Waals surface area contributed by atoms with Crippen LogP contribution in [0, 0.1) is 0 Å². The van der Waals surface area contributed by atoms with Gasteiger partial charge in [-0.05, 0) is 148 Å². The summed E-state index contributed by atoms with van der Waals surface area (Å²) in [5.41, 5.74) is 24.4. The lowest BCUT2D eigenvalue weighted by Gasteiger charge is -2.29. The molecule has 0 saturated heterocycles. The molecule has 1 aliphatic rings. The molecule has 0 fully saturated rings. The highest BCUT2D eigenvalue weighted by Gasteiger charge is 2.41. The minimum absolute atomic E-state index is 0.0129. The standard InChI is InChI=1S/C74H63N/c1-72(2,3)58-47-56(48-59(49-58)73(4,5)6)63-29-18-23-55-24-19-31-65(70(55)63)64-27-15-17-34-69(64)75(60-43-39-53(40-44-60)52-37-35-51(36-38-52)50-21-10-8-11-22-50)61-45-41-54(42-46-61)62-30-20-33-68-71(62)66-28-14-16-32-67(66)74(68,7)57-25-12-9-13-26-57/h8-49H,1-7H3. The maximum Gasteiger partial charge on any atom is 0.0540 e. The van der Waals surface area contributed by atoms with Crippen molar-refractivity contribution in [3.05, 3.63) is 283 Å². The second kappa shape index (κ2) is 18.8. The van der Waals surface area contributed by atoms with Crippen LogP contribution in [0.4, 0.5) is 17.1 Å². The number of rotatable bonds is 9. The van der Waals surface area contributed by atoms with Crippen molar-refractivity contribution in [2.45, 2.75) is 64.7 Å². The molecule has 75 heavy (non-hydrogen) atoms. The smallest absolute Gasteiger partial charge is 0.0540 e. The van der Waals surface area contributed by atoms with E-state index >= 15 is 0 Å². The van der Waals surface area contributed by atoms with Crippen LogP contribution in [-0.4, -0.2) is 0 Å². The first-order valence-corrected chi connectivity index (χ1v) is 26.6. The lowest BCUT2D eigenvalue weighted by molar-refractivity contribution is 0.569. The van der Waals surface area contributed by atoms with Crippen molar-refractivity contribution in [1.82, 2.24) is 0 Å². The molecule has 0 aliphatic heterocycles. The monoisotopic (exact) mass is 965 g/mol. The summed E-state index contributed by atoms with van der Waals surface area (Å²) >= 11 is 0. The second-order valence-corrected chi connectivity index (χ2v) is 22.7. The first kappa shape index (κ1) is 47.5. The molecule has 0 spiro atoms. The summed E-state index contributed by atoms with van der Waals surface area (Å²) in [6.07, 6.45) is 0. The summed E-state index contributed by atoms with van der Waals surface area (Å²) in [6.45, 7) is 16.3. The molecule has 0 N–H and O–H groups in total. The molecule has 1 unspecified atom stereocenters. The Balaban J connectivity index is 1.01. The van der Waals surface area contributed by atoms with Gasteiger partial charge in [0.25, 0.3) is 0 Å². The van der Waals surface area contributed by atoms with E-state index in [4.69, 9.17) is 0 Å². The van der Waals surface area contributed by atoms with Gasteiger partial charge in [-0.2, -0.15) is 0 Å². The fourth-order valence-corrected chi connectivity index (χ4v) is 11.7. The number of hydrogen-bond acceptors (Lipinski definition) is 1. The van der Waals surface area contributed by atoms with Crippen LogP contribution in [0.3, 0.4) is 0 Å². The van der Waals surface area contributed by atoms with Crippen molar-refractivity contribution in [2.24, 2.45) is 0 Å². The summed E-state index contributed by atoms with van der Waals surface area (Å²) in [5, 5.41) is 2.47.